The van der Waals surface area contributed by atoms with Gasteiger partial charge in [0.25, 0.3) is 5.91 Å². The van der Waals surface area contributed by atoms with E-state index in [0.29, 0.717) is 11.4 Å². The standard InChI is InChI=1S/C14H20N2O2/c1-10-6-4-7-11(2)16(10)14(17)13-12(18-3)8-5-9-15-13/h5,8-11H,4,6-7H2,1-3H3. The van der Waals surface area contributed by atoms with E-state index in [0.717, 1.165) is 12.8 Å². The topological polar surface area (TPSA) is 42.4 Å². The van der Waals surface area contributed by atoms with Crippen LogP contribution in [0.15, 0.2) is 18.3 Å². The Morgan fingerprint density at radius 2 is 2.06 bits per heavy atom. The molecule has 2 unspecified atom stereocenters. The van der Waals surface area contributed by atoms with Gasteiger partial charge in [-0.05, 0) is 45.2 Å². The Labute approximate surface area is 108 Å². The molecule has 98 valence electrons. The molecule has 0 bridgehead atoms. The van der Waals surface area contributed by atoms with Crippen molar-refractivity contribution in [3.63, 3.8) is 0 Å². The molecule has 2 atom stereocenters. The number of carbonyl (C=O) groups excluding carboxylic acids is 1. The second-order valence-corrected chi connectivity index (χ2v) is 4.90. The predicted molar refractivity (Wildman–Crippen MR) is 69.7 cm³/mol. The van der Waals surface area contributed by atoms with E-state index in [1.165, 1.54) is 6.42 Å². The van der Waals surface area contributed by atoms with E-state index in [2.05, 4.69) is 18.8 Å². The number of piperidine rings is 1. The predicted octanol–water partition coefficient (Wildman–Crippen LogP) is 2.49. The Morgan fingerprint density at radius 3 is 2.67 bits per heavy atom. The van der Waals surface area contributed by atoms with Gasteiger partial charge in [0.05, 0.1) is 7.11 Å². The number of nitrogens with zero attached hydrogens (tertiary/aromatic N) is 2. The first-order valence-corrected chi connectivity index (χ1v) is 6.46. The third-order valence-electron chi connectivity index (χ3n) is 3.62. The summed E-state index contributed by atoms with van der Waals surface area (Å²) in [5.74, 6) is 0.527. The van der Waals surface area contributed by atoms with Crippen LogP contribution in [0.3, 0.4) is 0 Å². The fourth-order valence-electron chi connectivity index (χ4n) is 2.66. The van der Waals surface area contributed by atoms with E-state index in [4.69, 9.17) is 4.74 Å². The third kappa shape index (κ3) is 2.33. The van der Waals surface area contributed by atoms with Gasteiger partial charge in [-0.1, -0.05) is 0 Å². The van der Waals surface area contributed by atoms with Crippen LogP contribution in [0.2, 0.25) is 0 Å². The number of methoxy groups -OCH3 is 1. The lowest BCUT2D eigenvalue weighted by atomic mass is 9.97. The van der Waals surface area contributed by atoms with Crippen LogP contribution >= 0.6 is 0 Å². The molecule has 0 N–H and O–H groups in total. The maximum absolute atomic E-state index is 12.6. The maximum Gasteiger partial charge on any atom is 0.276 e. The van der Waals surface area contributed by atoms with E-state index in [9.17, 15) is 4.79 Å². The normalized spacial score (nSPS) is 23.8. The smallest absolute Gasteiger partial charge is 0.276 e. The zero-order chi connectivity index (χ0) is 13.1. The average molecular weight is 248 g/mol. The number of hydrogen-bond acceptors (Lipinski definition) is 3. The van der Waals surface area contributed by atoms with Gasteiger partial charge in [-0.25, -0.2) is 4.98 Å². The van der Waals surface area contributed by atoms with Crippen LogP contribution < -0.4 is 4.74 Å². The number of carbonyl (C=O) groups is 1. The molecule has 1 aromatic rings. The Morgan fingerprint density at radius 1 is 1.39 bits per heavy atom. The highest BCUT2D eigenvalue weighted by atomic mass is 16.5. The second kappa shape index (κ2) is 5.38. The number of rotatable bonds is 2. The van der Waals surface area contributed by atoms with E-state index in [1.807, 2.05) is 4.90 Å². The van der Waals surface area contributed by atoms with Gasteiger partial charge >= 0.3 is 0 Å². The molecule has 1 saturated heterocycles. The number of hydrogen-bond donors (Lipinski definition) is 0. The SMILES string of the molecule is COc1cccnc1C(=O)N1C(C)CCCC1C. The maximum atomic E-state index is 12.6. The molecule has 2 rings (SSSR count). The van der Waals surface area contributed by atoms with Crippen LogP contribution in [-0.4, -0.2) is 35.0 Å². The molecule has 0 aromatic carbocycles. The largest absolute Gasteiger partial charge is 0.494 e. The van der Waals surface area contributed by atoms with Crippen molar-refractivity contribution in [2.75, 3.05) is 7.11 Å². The molecule has 4 nitrogen and oxygen atoms in total. The summed E-state index contributed by atoms with van der Waals surface area (Å²) in [5, 5.41) is 0. The van der Waals surface area contributed by atoms with Gasteiger partial charge in [-0.15, -0.1) is 0 Å². The van der Waals surface area contributed by atoms with Crippen LogP contribution in [0, 0.1) is 0 Å². The van der Waals surface area contributed by atoms with Gasteiger partial charge in [0.15, 0.2) is 5.69 Å². The van der Waals surface area contributed by atoms with E-state index in [-0.39, 0.29) is 18.0 Å². The zero-order valence-corrected chi connectivity index (χ0v) is 11.2. The monoisotopic (exact) mass is 248 g/mol. The second-order valence-electron chi connectivity index (χ2n) is 4.90. The number of aromatic nitrogens is 1. The summed E-state index contributed by atoms with van der Waals surface area (Å²) in [6, 6.07) is 4.10. The minimum absolute atomic E-state index is 0.0212. The number of pyridine rings is 1. The van der Waals surface area contributed by atoms with Gasteiger partial charge < -0.3 is 9.64 Å². The molecule has 0 saturated carbocycles. The average Bonchev–Trinajstić information content (AvgIpc) is 2.38. The van der Waals surface area contributed by atoms with Crippen molar-refractivity contribution in [2.24, 2.45) is 0 Å². The molecular formula is C14H20N2O2. The molecule has 0 radical (unpaired) electrons. The summed E-state index contributed by atoms with van der Waals surface area (Å²) >= 11 is 0. The lowest BCUT2D eigenvalue weighted by Crippen LogP contribution is -2.47. The summed E-state index contributed by atoms with van der Waals surface area (Å²) in [6.45, 7) is 4.20. The minimum atomic E-state index is -0.0212. The van der Waals surface area contributed by atoms with Crippen molar-refractivity contribution in [1.82, 2.24) is 9.88 Å². The molecule has 1 amide bonds. The van der Waals surface area contributed by atoms with E-state index in [1.54, 1.807) is 25.4 Å². The van der Waals surface area contributed by atoms with Crippen molar-refractivity contribution in [1.29, 1.82) is 0 Å². The number of ether oxygens (including phenoxy) is 1. The van der Waals surface area contributed by atoms with Crippen molar-refractivity contribution in [3.05, 3.63) is 24.0 Å². The van der Waals surface area contributed by atoms with Gasteiger partial charge in [0, 0.05) is 18.3 Å². The summed E-state index contributed by atoms with van der Waals surface area (Å²) in [6.07, 6.45) is 4.94. The molecule has 1 aliphatic rings. The van der Waals surface area contributed by atoms with Crippen LogP contribution in [0.1, 0.15) is 43.6 Å². The quantitative estimate of drug-likeness (QED) is 0.807. The first-order chi connectivity index (χ1) is 8.65. The summed E-state index contributed by atoms with van der Waals surface area (Å²) in [4.78, 5) is 18.7. The highest BCUT2D eigenvalue weighted by molar-refractivity contribution is 5.95. The summed E-state index contributed by atoms with van der Waals surface area (Å²) in [5.41, 5.74) is 0.417. The Hall–Kier alpha value is -1.58. The zero-order valence-electron chi connectivity index (χ0n) is 11.2. The minimum Gasteiger partial charge on any atom is -0.494 e. The van der Waals surface area contributed by atoms with Crippen molar-refractivity contribution >= 4 is 5.91 Å². The molecule has 1 aliphatic heterocycles. The first kappa shape index (κ1) is 12.9. The molecule has 18 heavy (non-hydrogen) atoms. The lowest BCUT2D eigenvalue weighted by Gasteiger charge is -2.38. The van der Waals surface area contributed by atoms with Crippen molar-refractivity contribution in [3.8, 4) is 5.75 Å². The molecule has 2 heterocycles. The van der Waals surface area contributed by atoms with Gasteiger partial charge in [-0.3, -0.25) is 4.79 Å². The van der Waals surface area contributed by atoms with Gasteiger partial charge in [0.2, 0.25) is 0 Å². The fourth-order valence-corrected chi connectivity index (χ4v) is 2.66. The lowest BCUT2D eigenvalue weighted by molar-refractivity contribution is 0.0501. The summed E-state index contributed by atoms with van der Waals surface area (Å²) in [7, 11) is 1.57. The molecule has 1 fully saturated rings. The van der Waals surface area contributed by atoms with E-state index < -0.39 is 0 Å². The Bertz CT molecular complexity index is 424. The molecular weight excluding hydrogens is 228 g/mol. The van der Waals surface area contributed by atoms with Crippen LogP contribution in [0.25, 0.3) is 0 Å². The Kier molecular flexibility index (Phi) is 3.84. The molecule has 0 spiro atoms. The van der Waals surface area contributed by atoms with Crippen LogP contribution in [-0.2, 0) is 0 Å². The first-order valence-electron chi connectivity index (χ1n) is 6.46. The number of amides is 1. The highest BCUT2D eigenvalue weighted by Gasteiger charge is 2.31. The molecule has 4 heteroatoms. The van der Waals surface area contributed by atoms with Gasteiger partial charge in [-0.2, -0.15) is 0 Å². The van der Waals surface area contributed by atoms with E-state index >= 15 is 0 Å². The summed E-state index contributed by atoms with van der Waals surface area (Å²) < 4.78 is 5.22. The van der Waals surface area contributed by atoms with Crippen molar-refractivity contribution < 1.29 is 9.53 Å². The van der Waals surface area contributed by atoms with Gasteiger partial charge in [0.1, 0.15) is 5.75 Å². The highest BCUT2D eigenvalue weighted by Crippen LogP contribution is 2.26. The fraction of sp³-hybridized carbons (Fsp3) is 0.571. The van der Waals surface area contributed by atoms with Crippen LogP contribution in [0.4, 0.5) is 0 Å². The Balaban J connectivity index is 2.29. The molecule has 1 aromatic heterocycles. The molecule has 0 aliphatic carbocycles. The third-order valence-corrected chi connectivity index (χ3v) is 3.62. The number of likely N-dealkylation sites (tertiary alicyclic amines) is 1. The van der Waals surface area contributed by atoms with Crippen molar-refractivity contribution in [2.45, 2.75) is 45.2 Å². The van der Waals surface area contributed by atoms with Crippen LogP contribution in [0.5, 0.6) is 5.75 Å².